The molecule has 0 aliphatic heterocycles. The lowest BCUT2D eigenvalue weighted by Gasteiger charge is -2.20. The maximum Gasteiger partial charge on any atom is 0.276 e. The molecule has 0 fully saturated rings. The lowest BCUT2D eigenvalue weighted by atomic mass is 10.1. The molecule has 5 heteroatoms. The minimum atomic E-state index is -0.174. The van der Waals surface area contributed by atoms with Crippen LogP contribution in [0.4, 0.5) is 5.69 Å². The molecule has 1 aromatic heterocycles. The second-order valence-electron chi connectivity index (χ2n) is 5.19. The Labute approximate surface area is 145 Å². The van der Waals surface area contributed by atoms with Crippen LogP contribution in [0.3, 0.4) is 0 Å². The molecule has 2 aromatic carbocycles. The first-order valence-electron chi connectivity index (χ1n) is 7.49. The van der Waals surface area contributed by atoms with Crippen molar-refractivity contribution in [3.63, 3.8) is 0 Å². The fraction of sp³-hybridized carbons (Fsp3) is 0.0526. The number of rotatable bonds is 5. The summed E-state index contributed by atoms with van der Waals surface area (Å²) in [5, 5.41) is 7.62. The number of hydrogen-bond acceptors (Lipinski definition) is 2. The molecule has 0 radical (unpaired) electrons. The summed E-state index contributed by atoms with van der Waals surface area (Å²) in [4.78, 5) is 14.5. The highest BCUT2D eigenvalue weighted by molar-refractivity contribution is 6.33. The largest absolute Gasteiger partial charge is 0.303 e. The highest BCUT2D eigenvalue weighted by atomic mass is 35.5. The van der Waals surface area contributed by atoms with Crippen LogP contribution in [0.15, 0.2) is 73.3 Å². The van der Waals surface area contributed by atoms with E-state index in [1.165, 1.54) is 0 Å². The molecule has 0 bridgehead atoms. The smallest absolute Gasteiger partial charge is 0.276 e. The van der Waals surface area contributed by atoms with E-state index < -0.39 is 0 Å². The number of H-pyrrole nitrogens is 1. The maximum absolute atomic E-state index is 12.8. The normalized spacial score (nSPS) is 10.4. The van der Waals surface area contributed by atoms with Gasteiger partial charge in [0.15, 0.2) is 0 Å². The zero-order valence-corrected chi connectivity index (χ0v) is 13.7. The molecule has 3 aromatic rings. The molecule has 4 nitrogen and oxygen atoms in total. The Balaban J connectivity index is 1.92. The van der Waals surface area contributed by atoms with Crippen LogP contribution >= 0.6 is 11.6 Å². The SMILES string of the molecule is C=CCN(C(=O)c1cc(-c2ccccc2Cl)n[nH]1)c1ccccc1. The minimum Gasteiger partial charge on any atom is -0.303 e. The van der Waals surface area contributed by atoms with E-state index in [2.05, 4.69) is 16.8 Å². The first-order valence-corrected chi connectivity index (χ1v) is 7.86. The van der Waals surface area contributed by atoms with Crippen molar-refractivity contribution < 1.29 is 4.79 Å². The van der Waals surface area contributed by atoms with E-state index >= 15 is 0 Å². The second-order valence-corrected chi connectivity index (χ2v) is 5.59. The van der Waals surface area contributed by atoms with Crippen molar-refractivity contribution in [2.75, 3.05) is 11.4 Å². The second kappa shape index (κ2) is 7.15. The maximum atomic E-state index is 12.8. The van der Waals surface area contributed by atoms with Gasteiger partial charge in [-0.2, -0.15) is 5.10 Å². The van der Waals surface area contributed by atoms with Crippen LogP contribution in [0.2, 0.25) is 5.02 Å². The molecule has 0 aliphatic carbocycles. The fourth-order valence-electron chi connectivity index (χ4n) is 2.43. The number of para-hydroxylation sites is 1. The van der Waals surface area contributed by atoms with Crippen molar-refractivity contribution in [2.45, 2.75) is 0 Å². The molecule has 0 saturated carbocycles. The standard InChI is InChI=1S/C19H16ClN3O/c1-2-12-23(14-8-4-3-5-9-14)19(24)18-13-17(21-22-18)15-10-6-7-11-16(15)20/h2-11,13H,1,12H2,(H,21,22). The quantitative estimate of drug-likeness (QED) is 0.694. The van der Waals surface area contributed by atoms with Gasteiger partial charge in [0.25, 0.3) is 5.91 Å². The average Bonchev–Trinajstić information content (AvgIpc) is 3.10. The molecule has 0 aliphatic rings. The number of amides is 1. The summed E-state index contributed by atoms with van der Waals surface area (Å²) in [7, 11) is 0. The molecule has 0 spiro atoms. The molecule has 1 amide bonds. The molecular formula is C19H16ClN3O. The van der Waals surface area contributed by atoms with Crippen LogP contribution in [0.25, 0.3) is 11.3 Å². The lowest BCUT2D eigenvalue weighted by Crippen LogP contribution is -2.31. The Kier molecular flexibility index (Phi) is 4.77. The van der Waals surface area contributed by atoms with Crippen molar-refractivity contribution in [3.8, 4) is 11.3 Å². The van der Waals surface area contributed by atoms with Gasteiger partial charge >= 0.3 is 0 Å². The van der Waals surface area contributed by atoms with Gasteiger partial charge in [0.2, 0.25) is 0 Å². The molecule has 24 heavy (non-hydrogen) atoms. The van der Waals surface area contributed by atoms with E-state index in [1.807, 2.05) is 48.5 Å². The Hall–Kier alpha value is -2.85. The van der Waals surface area contributed by atoms with Gasteiger partial charge < -0.3 is 4.90 Å². The summed E-state index contributed by atoms with van der Waals surface area (Å²) in [5.41, 5.74) is 2.62. The summed E-state index contributed by atoms with van der Waals surface area (Å²) in [6, 6.07) is 18.6. The highest BCUT2D eigenvalue weighted by Crippen LogP contribution is 2.27. The summed E-state index contributed by atoms with van der Waals surface area (Å²) in [5.74, 6) is -0.174. The zero-order valence-electron chi connectivity index (χ0n) is 12.9. The molecule has 1 heterocycles. The van der Waals surface area contributed by atoms with Gasteiger partial charge in [-0.05, 0) is 24.3 Å². The predicted octanol–water partition coefficient (Wildman–Crippen LogP) is 4.56. The minimum absolute atomic E-state index is 0.174. The third kappa shape index (κ3) is 3.24. The fourth-order valence-corrected chi connectivity index (χ4v) is 2.66. The molecule has 1 N–H and O–H groups in total. The Bertz CT molecular complexity index is 858. The van der Waals surface area contributed by atoms with Gasteiger partial charge in [0, 0.05) is 17.8 Å². The molecule has 0 atom stereocenters. The summed E-state index contributed by atoms with van der Waals surface area (Å²) in [6.07, 6.45) is 1.69. The van der Waals surface area contributed by atoms with Gasteiger partial charge in [-0.1, -0.05) is 54.1 Å². The highest BCUT2D eigenvalue weighted by Gasteiger charge is 2.19. The predicted molar refractivity (Wildman–Crippen MR) is 97.3 cm³/mol. The number of halogens is 1. The van der Waals surface area contributed by atoms with Crippen molar-refractivity contribution in [2.24, 2.45) is 0 Å². The van der Waals surface area contributed by atoms with Gasteiger partial charge in [-0.3, -0.25) is 9.89 Å². The van der Waals surface area contributed by atoms with Crippen LogP contribution in [0.5, 0.6) is 0 Å². The van der Waals surface area contributed by atoms with E-state index in [1.54, 1.807) is 23.1 Å². The number of carbonyl (C=O) groups excluding carboxylic acids is 1. The van der Waals surface area contributed by atoms with Crippen LogP contribution in [-0.4, -0.2) is 22.6 Å². The number of nitrogens with one attached hydrogen (secondary N) is 1. The van der Waals surface area contributed by atoms with Crippen LogP contribution in [0.1, 0.15) is 10.5 Å². The lowest BCUT2D eigenvalue weighted by molar-refractivity contribution is 0.0985. The van der Waals surface area contributed by atoms with E-state index in [9.17, 15) is 4.79 Å². The Morgan fingerprint density at radius 3 is 2.58 bits per heavy atom. The Morgan fingerprint density at radius 1 is 1.17 bits per heavy atom. The molecule has 120 valence electrons. The monoisotopic (exact) mass is 337 g/mol. The topological polar surface area (TPSA) is 49.0 Å². The third-order valence-electron chi connectivity index (χ3n) is 3.58. The average molecular weight is 338 g/mol. The first kappa shape index (κ1) is 16.0. The van der Waals surface area contributed by atoms with Crippen molar-refractivity contribution in [3.05, 3.63) is 84.0 Å². The van der Waals surface area contributed by atoms with Crippen LogP contribution in [-0.2, 0) is 0 Å². The van der Waals surface area contributed by atoms with Gasteiger partial charge in [-0.15, -0.1) is 6.58 Å². The third-order valence-corrected chi connectivity index (χ3v) is 3.91. The molecule has 0 saturated heterocycles. The van der Waals surface area contributed by atoms with Gasteiger partial charge in [0.05, 0.1) is 10.7 Å². The first-order chi connectivity index (χ1) is 11.7. The van der Waals surface area contributed by atoms with E-state index in [4.69, 9.17) is 11.6 Å². The van der Waals surface area contributed by atoms with Gasteiger partial charge in [0.1, 0.15) is 5.69 Å². The summed E-state index contributed by atoms with van der Waals surface area (Å²) < 4.78 is 0. The molecule has 3 rings (SSSR count). The van der Waals surface area contributed by atoms with Crippen molar-refractivity contribution >= 4 is 23.2 Å². The van der Waals surface area contributed by atoms with E-state index in [0.29, 0.717) is 23.0 Å². The van der Waals surface area contributed by atoms with Crippen molar-refractivity contribution in [1.29, 1.82) is 0 Å². The van der Waals surface area contributed by atoms with Crippen LogP contribution < -0.4 is 4.90 Å². The number of aromatic amines is 1. The summed E-state index contributed by atoms with van der Waals surface area (Å²) in [6.45, 7) is 4.14. The number of nitrogens with zero attached hydrogens (tertiary/aromatic N) is 2. The zero-order chi connectivity index (χ0) is 16.9. The number of hydrogen-bond donors (Lipinski definition) is 1. The Morgan fingerprint density at radius 2 is 1.88 bits per heavy atom. The number of anilines is 1. The van der Waals surface area contributed by atoms with E-state index in [-0.39, 0.29) is 5.91 Å². The number of benzene rings is 2. The number of carbonyl (C=O) groups is 1. The van der Waals surface area contributed by atoms with E-state index in [0.717, 1.165) is 11.3 Å². The van der Waals surface area contributed by atoms with Crippen LogP contribution in [0, 0.1) is 0 Å². The van der Waals surface area contributed by atoms with Crippen molar-refractivity contribution in [1.82, 2.24) is 10.2 Å². The summed E-state index contributed by atoms with van der Waals surface area (Å²) >= 11 is 6.19. The van der Waals surface area contributed by atoms with Gasteiger partial charge in [-0.25, -0.2) is 0 Å². The molecular weight excluding hydrogens is 322 g/mol. The molecule has 0 unspecified atom stereocenters. The number of aromatic nitrogens is 2.